The van der Waals surface area contributed by atoms with Crippen LogP contribution in [0.1, 0.15) is 31.2 Å². The highest BCUT2D eigenvalue weighted by molar-refractivity contribution is 5.81. The van der Waals surface area contributed by atoms with Gasteiger partial charge in [0.1, 0.15) is 17.7 Å². The van der Waals surface area contributed by atoms with Crippen LogP contribution < -0.4 is 16.4 Å². The zero-order valence-electron chi connectivity index (χ0n) is 19.8. The fourth-order valence-electron chi connectivity index (χ4n) is 5.79. The number of nitrogens with two attached hydrogens (primary N) is 2. The van der Waals surface area contributed by atoms with Crippen LogP contribution in [-0.2, 0) is 6.54 Å². The molecular weight excluding hydrogens is 485 g/mol. The minimum atomic E-state index is -1.27. The lowest BCUT2D eigenvalue weighted by Crippen LogP contribution is -2.63. The number of hydrogen-bond acceptors (Lipinski definition) is 8. The Balaban J connectivity index is 1.48. The minimum Gasteiger partial charge on any atom is -0.391 e. The number of fused-ring (bicyclic) bond motifs is 2. The summed E-state index contributed by atoms with van der Waals surface area (Å²) in [6.45, 7) is 0.955. The normalized spacial score (nSPS) is 23.5. The average Bonchev–Trinajstić information content (AvgIpc) is 3.42. The molecule has 0 radical (unpaired) electrons. The zero-order chi connectivity index (χ0) is 25.9. The molecule has 2 fully saturated rings. The van der Waals surface area contributed by atoms with Crippen molar-refractivity contribution >= 4 is 22.7 Å². The first-order valence-electron chi connectivity index (χ1n) is 12.0. The van der Waals surface area contributed by atoms with Crippen LogP contribution >= 0.6 is 0 Å². The molecule has 192 valence electrons. The maximum absolute atomic E-state index is 14.7. The number of aliphatic hydroxyl groups excluding tert-OH is 1. The van der Waals surface area contributed by atoms with Gasteiger partial charge in [-0.3, -0.25) is 4.98 Å². The summed E-state index contributed by atoms with van der Waals surface area (Å²) in [5.74, 6) is -3.11. The van der Waals surface area contributed by atoms with Gasteiger partial charge in [-0.05, 0) is 43.4 Å². The van der Waals surface area contributed by atoms with Crippen molar-refractivity contribution in [2.75, 3.05) is 17.2 Å². The Kier molecular flexibility index (Phi) is 5.53. The van der Waals surface area contributed by atoms with E-state index in [4.69, 9.17) is 11.5 Å². The molecule has 12 heteroatoms. The second kappa shape index (κ2) is 8.67. The molecule has 1 unspecified atom stereocenters. The lowest BCUT2D eigenvalue weighted by molar-refractivity contribution is 0.0881. The molecule has 2 aliphatic rings. The minimum absolute atomic E-state index is 0.111. The third kappa shape index (κ3) is 3.78. The Morgan fingerprint density at radius 3 is 2.68 bits per heavy atom. The number of rotatable bonds is 4. The topological polar surface area (TPSA) is 132 Å². The third-order valence-corrected chi connectivity index (χ3v) is 7.67. The first-order valence-corrected chi connectivity index (χ1v) is 12.0. The lowest BCUT2D eigenvalue weighted by atomic mass is 9.82. The van der Waals surface area contributed by atoms with Gasteiger partial charge >= 0.3 is 0 Å². The summed E-state index contributed by atoms with van der Waals surface area (Å²) in [6, 6.07) is 2.85. The molecule has 3 atom stereocenters. The molecule has 1 saturated heterocycles. The highest BCUT2D eigenvalue weighted by Gasteiger charge is 2.51. The van der Waals surface area contributed by atoms with Gasteiger partial charge in [-0.2, -0.15) is 0 Å². The maximum atomic E-state index is 14.7. The summed E-state index contributed by atoms with van der Waals surface area (Å²) < 4.78 is 44.0. The van der Waals surface area contributed by atoms with Crippen LogP contribution in [0.5, 0.6) is 0 Å². The first-order chi connectivity index (χ1) is 17.8. The maximum Gasteiger partial charge on any atom is 0.165 e. The summed E-state index contributed by atoms with van der Waals surface area (Å²) in [5.41, 5.74) is 14.3. The number of piperidine rings is 1. The van der Waals surface area contributed by atoms with E-state index in [2.05, 4.69) is 24.8 Å². The van der Waals surface area contributed by atoms with Gasteiger partial charge in [-0.1, -0.05) is 0 Å². The molecule has 9 nitrogen and oxygen atoms in total. The van der Waals surface area contributed by atoms with E-state index in [9.17, 15) is 18.3 Å². The van der Waals surface area contributed by atoms with E-state index in [1.54, 1.807) is 23.2 Å². The zero-order valence-corrected chi connectivity index (χ0v) is 19.8. The molecule has 6 rings (SSSR count). The summed E-state index contributed by atoms with van der Waals surface area (Å²) in [7, 11) is 0. The molecule has 1 aliphatic carbocycles. The number of aromatic nitrogens is 5. The van der Waals surface area contributed by atoms with Crippen molar-refractivity contribution in [3.05, 3.63) is 60.1 Å². The van der Waals surface area contributed by atoms with E-state index in [0.717, 1.165) is 23.7 Å². The quantitative estimate of drug-likeness (QED) is 0.357. The number of aliphatic hydroxyl groups is 1. The number of hydrogen-bond donors (Lipinski definition) is 3. The smallest absolute Gasteiger partial charge is 0.165 e. The van der Waals surface area contributed by atoms with E-state index in [-0.39, 0.29) is 29.7 Å². The largest absolute Gasteiger partial charge is 0.391 e. The molecule has 4 aromatic rings. The van der Waals surface area contributed by atoms with Crippen molar-refractivity contribution < 1.29 is 18.3 Å². The fourth-order valence-corrected chi connectivity index (χ4v) is 5.79. The van der Waals surface area contributed by atoms with Gasteiger partial charge in [0, 0.05) is 24.2 Å². The number of nitrogen functional groups attached to an aromatic ring is 1. The molecule has 0 spiro atoms. The predicted octanol–water partition coefficient (Wildman–Crippen LogP) is 2.76. The molecule has 4 heterocycles. The van der Waals surface area contributed by atoms with Crippen molar-refractivity contribution in [3.8, 4) is 11.3 Å². The fraction of sp³-hybridized carbons (Fsp3) is 0.360. The number of halogens is 3. The highest BCUT2D eigenvalue weighted by atomic mass is 19.2. The van der Waals surface area contributed by atoms with Crippen LogP contribution in [0.15, 0.2) is 37.1 Å². The van der Waals surface area contributed by atoms with E-state index < -0.39 is 29.1 Å². The van der Waals surface area contributed by atoms with E-state index in [1.165, 1.54) is 6.33 Å². The molecule has 1 aromatic carbocycles. The summed E-state index contributed by atoms with van der Waals surface area (Å²) in [4.78, 5) is 19.2. The number of nitrogens with zero attached hydrogens (tertiary/aromatic N) is 6. The monoisotopic (exact) mass is 510 g/mol. The molecule has 5 N–H and O–H groups in total. The third-order valence-electron chi connectivity index (χ3n) is 7.67. The van der Waals surface area contributed by atoms with Gasteiger partial charge < -0.3 is 26.0 Å². The van der Waals surface area contributed by atoms with Crippen LogP contribution in [0.3, 0.4) is 0 Å². The van der Waals surface area contributed by atoms with Crippen molar-refractivity contribution in [2.45, 2.75) is 49.9 Å². The van der Waals surface area contributed by atoms with E-state index in [1.807, 2.05) is 0 Å². The van der Waals surface area contributed by atoms with Crippen LogP contribution in [0, 0.1) is 17.5 Å². The Labute approximate surface area is 210 Å². The number of pyridine rings is 1. The molecule has 3 aromatic heterocycles. The second-order valence-electron chi connectivity index (χ2n) is 9.77. The summed E-state index contributed by atoms with van der Waals surface area (Å²) >= 11 is 0. The van der Waals surface area contributed by atoms with Crippen LogP contribution in [0.4, 0.5) is 24.7 Å². The number of anilines is 2. The second-order valence-corrected chi connectivity index (χ2v) is 9.77. The Hall–Kier alpha value is -3.77. The SMILES string of the molecule is Nc1ncnc2c1ncn2Cc1cc(-c2cc(F)c(F)cc2F)ncc1N1CCC[C@@]2(N)C1CC[C@@H]2O. The van der Waals surface area contributed by atoms with Crippen LogP contribution in [0.2, 0.25) is 0 Å². The Morgan fingerprint density at radius 2 is 1.84 bits per heavy atom. The van der Waals surface area contributed by atoms with E-state index in [0.29, 0.717) is 43.0 Å². The number of benzene rings is 1. The average molecular weight is 511 g/mol. The van der Waals surface area contributed by atoms with Gasteiger partial charge in [-0.25, -0.2) is 28.1 Å². The molecular formula is C25H25F3N8O. The van der Waals surface area contributed by atoms with Gasteiger partial charge in [0.25, 0.3) is 0 Å². The molecule has 1 aliphatic heterocycles. The summed E-state index contributed by atoms with van der Waals surface area (Å²) in [6.07, 6.45) is 6.72. The Bertz CT molecular complexity index is 1510. The van der Waals surface area contributed by atoms with Gasteiger partial charge in [0.2, 0.25) is 0 Å². The van der Waals surface area contributed by atoms with Crippen molar-refractivity contribution in [1.82, 2.24) is 24.5 Å². The number of imidazole rings is 1. The van der Waals surface area contributed by atoms with Gasteiger partial charge in [0.05, 0.1) is 42.1 Å². The van der Waals surface area contributed by atoms with Crippen molar-refractivity contribution in [3.63, 3.8) is 0 Å². The first kappa shape index (κ1) is 23.6. The molecule has 0 amide bonds. The molecule has 0 bridgehead atoms. The molecule has 1 saturated carbocycles. The van der Waals surface area contributed by atoms with Crippen molar-refractivity contribution in [1.29, 1.82) is 0 Å². The Morgan fingerprint density at radius 1 is 1.03 bits per heavy atom. The van der Waals surface area contributed by atoms with Crippen molar-refractivity contribution in [2.24, 2.45) is 5.73 Å². The standard InChI is InChI=1S/C25H25F3N8O/c26-15-8-17(28)16(27)7-14(15)18-6-13(10-35-12-34-22-23(29)32-11-33-24(22)35)19(9-31-18)36-5-1-4-25(30)20(36)2-3-21(25)37/h6-9,11-12,20-21,37H,1-5,10,30H2,(H2,29,32,33)/t20?,21-,25+/m0/s1. The molecule has 37 heavy (non-hydrogen) atoms. The summed E-state index contributed by atoms with van der Waals surface area (Å²) in [5, 5.41) is 10.6. The van der Waals surface area contributed by atoms with Crippen LogP contribution in [0.25, 0.3) is 22.4 Å². The van der Waals surface area contributed by atoms with Gasteiger partial charge in [0.15, 0.2) is 23.1 Å². The van der Waals surface area contributed by atoms with Gasteiger partial charge in [-0.15, -0.1) is 0 Å². The predicted molar refractivity (Wildman–Crippen MR) is 131 cm³/mol. The lowest BCUT2D eigenvalue weighted by Gasteiger charge is -2.47. The highest BCUT2D eigenvalue weighted by Crippen LogP contribution is 2.42. The van der Waals surface area contributed by atoms with E-state index >= 15 is 0 Å². The van der Waals surface area contributed by atoms with Crippen LogP contribution in [-0.4, -0.2) is 53.8 Å².